The first-order valence-corrected chi connectivity index (χ1v) is 10.6. The van der Waals surface area contributed by atoms with Crippen LogP contribution in [0.5, 0.6) is 11.5 Å². The molecule has 11 heteroatoms. The third-order valence-corrected chi connectivity index (χ3v) is 5.80. The fourth-order valence-electron chi connectivity index (χ4n) is 3.23. The predicted octanol–water partition coefficient (Wildman–Crippen LogP) is 5.35. The van der Waals surface area contributed by atoms with E-state index in [0.29, 0.717) is 0 Å². The van der Waals surface area contributed by atoms with E-state index in [-0.39, 0.29) is 10.5 Å². The van der Waals surface area contributed by atoms with Gasteiger partial charge in [0.1, 0.15) is 0 Å². The Labute approximate surface area is 190 Å². The van der Waals surface area contributed by atoms with E-state index in [1.54, 1.807) is 13.1 Å². The van der Waals surface area contributed by atoms with Gasteiger partial charge in [-0.05, 0) is 38.5 Å². The molecule has 0 spiro atoms. The minimum absolute atomic E-state index is 0.252. The zero-order chi connectivity index (χ0) is 24.0. The van der Waals surface area contributed by atoms with Crippen LogP contribution in [0.15, 0.2) is 59.7 Å². The van der Waals surface area contributed by atoms with Crippen molar-refractivity contribution in [1.82, 2.24) is 9.88 Å². The van der Waals surface area contributed by atoms with Crippen LogP contribution in [-0.4, -0.2) is 22.8 Å². The summed E-state index contributed by atoms with van der Waals surface area (Å²) >= 11 is 1.19. The topological polar surface area (TPSA) is 64.8 Å². The number of nitrogens with zero attached hydrogens (tertiary/aromatic N) is 2. The van der Waals surface area contributed by atoms with Gasteiger partial charge in [-0.1, -0.05) is 30.3 Å². The maximum Gasteiger partial charge on any atom is 0.507 e. The lowest BCUT2D eigenvalue weighted by atomic mass is 9.95. The molecule has 4 rings (SSSR count). The number of hydrogen-bond acceptors (Lipinski definition) is 4. The van der Waals surface area contributed by atoms with Gasteiger partial charge < -0.3 is 14.8 Å². The molecule has 33 heavy (non-hydrogen) atoms. The van der Waals surface area contributed by atoms with E-state index in [0.717, 1.165) is 22.6 Å². The van der Waals surface area contributed by atoms with Gasteiger partial charge in [0.25, 0.3) is 0 Å². The molecule has 2 aromatic carbocycles. The number of hydrogen-bond donors (Lipinski definition) is 1. The second kappa shape index (κ2) is 7.91. The number of urea groups is 1. The van der Waals surface area contributed by atoms with Gasteiger partial charge in [-0.2, -0.15) is 22.6 Å². The van der Waals surface area contributed by atoms with Crippen LogP contribution < -0.4 is 19.6 Å². The fourth-order valence-corrected chi connectivity index (χ4v) is 4.06. The molecule has 1 N–H and O–H groups in total. The summed E-state index contributed by atoms with van der Waals surface area (Å²) in [7, 11) is 0. The first kappa shape index (κ1) is 22.8. The lowest BCUT2D eigenvalue weighted by molar-refractivity contribution is -0.391. The van der Waals surface area contributed by atoms with Gasteiger partial charge in [-0.15, -0.1) is 11.3 Å². The largest absolute Gasteiger partial charge is 0.507 e. The van der Waals surface area contributed by atoms with Crippen molar-refractivity contribution >= 4 is 17.4 Å². The second-order valence-electron chi connectivity index (χ2n) is 7.90. The van der Waals surface area contributed by atoms with Crippen LogP contribution in [-0.2, 0) is 5.54 Å². The van der Waals surface area contributed by atoms with Crippen molar-refractivity contribution in [3.63, 3.8) is 0 Å². The zero-order valence-electron chi connectivity index (χ0n) is 17.7. The number of fused-ring (bicyclic) bond motifs is 1. The molecule has 174 valence electrons. The van der Waals surface area contributed by atoms with Crippen molar-refractivity contribution in [2.45, 2.75) is 38.5 Å². The van der Waals surface area contributed by atoms with E-state index in [1.807, 2.05) is 44.2 Å². The Morgan fingerprint density at radius 1 is 1.03 bits per heavy atom. The van der Waals surface area contributed by atoms with Crippen LogP contribution in [0.25, 0.3) is 5.69 Å². The van der Waals surface area contributed by atoms with Crippen LogP contribution in [0.2, 0.25) is 0 Å². The summed E-state index contributed by atoms with van der Waals surface area (Å²) in [5.74, 6) is -1.08. The standard InChI is InChI=1S/C22H19F4N3O3S/c1-13-12-29(15-9-10-16-17(11-15)32-22(25,26)21(23,24)31-16)19(33-13)27-18(30)28-20(2,3)14-7-5-4-6-8-14/h4-12H,1-3H3,(H,28,30). The molecule has 0 radical (unpaired) electrons. The first-order chi connectivity index (χ1) is 15.4. The van der Waals surface area contributed by atoms with Crippen LogP contribution >= 0.6 is 11.3 Å². The number of halogens is 4. The van der Waals surface area contributed by atoms with E-state index in [1.165, 1.54) is 22.0 Å². The highest BCUT2D eigenvalue weighted by molar-refractivity contribution is 7.09. The van der Waals surface area contributed by atoms with Crippen LogP contribution in [0.4, 0.5) is 22.4 Å². The van der Waals surface area contributed by atoms with E-state index >= 15 is 0 Å². The Morgan fingerprint density at radius 2 is 1.67 bits per heavy atom. The number of nitrogens with one attached hydrogen (secondary N) is 1. The predicted molar refractivity (Wildman–Crippen MR) is 113 cm³/mol. The Kier molecular flexibility index (Phi) is 5.47. The fraction of sp³-hybridized carbons (Fsp3) is 0.273. The van der Waals surface area contributed by atoms with Crippen molar-refractivity contribution in [2.75, 3.05) is 0 Å². The third kappa shape index (κ3) is 4.45. The van der Waals surface area contributed by atoms with Gasteiger partial charge in [0.2, 0.25) is 0 Å². The Hall–Kier alpha value is -3.34. The lowest BCUT2D eigenvalue weighted by Gasteiger charge is -2.31. The number of aromatic nitrogens is 1. The molecule has 2 amide bonds. The highest BCUT2D eigenvalue weighted by Gasteiger charge is 2.65. The summed E-state index contributed by atoms with van der Waals surface area (Å²) in [5.41, 5.74) is 0.456. The molecule has 0 aliphatic carbocycles. The van der Waals surface area contributed by atoms with Crippen molar-refractivity contribution < 1.29 is 31.8 Å². The molecule has 0 saturated carbocycles. The van der Waals surface area contributed by atoms with Crippen molar-refractivity contribution in [3.05, 3.63) is 70.0 Å². The normalized spacial score (nSPS) is 17.0. The molecule has 1 aliphatic heterocycles. The molecule has 1 aromatic heterocycles. The number of thiazole rings is 1. The number of aryl methyl sites for hydroxylation is 1. The smallest absolute Gasteiger partial charge is 0.421 e. The summed E-state index contributed by atoms with van der Waals surface area (Å²) in [6.45, 7) is 5.44. The number of benzene rings is 2. The van der Waals surface area contributed by atoms with Crippen molar-refractivity contribution in [2.24, 2.45) is 4.99 Å². The van der Waals surface area contributed by atoms with Gasteiger partial charge in [0.15, 0.2) is 16.3 Å². The Morgan fingerprint density at radius 3 is 2.33 bits per heavy atom. The van der Waals surface area contributed by atoms with E-state index < -0.39 is 35.3 Å². The average Bonchev–Trinajstić information content (AvgIpc) is 3.08. The first-order valence-electron chi connectivity index (χ1n) is 9.77. The molecule has 0 unspecified atom stereocenters. The maximum atomic E-state index is 13.6. The van der Waals surface area contributed by atoms with Gasteiger partial charge in [0, 0.05) is 17.1 Å². The molecule has 3 aromatic rings. The molecule has 2 heterocycles. The van der Waals surface area contributed by atoms with Gasteiger partial charge in [-0.25, -0.2) is 4.79 Å². The SMILES string of the molecule is Cc1cn(-c2ccc3c(c2)OC(F)(F)C(F)(F)O3)c(=NC(=O)NC(C)(C)c2ccccc2)s1. The minimum Gasteiger partial charge on any atom is -0.421 e. The zero-order valence-corrected chi connectivity index (χ0v) is 18.6. The Balaban J connectivity index is 1.66. The Bertz CT molecular complexity index is 1270. The molecule has 0 saturated heterocycles. The van der Waals surface area contributed by atoms with E-state index in [4.69, 9.17) is 0 Å². The summed E-state index contributed by atoms with van der Waals surface area (Å²) < 4.78 is 63.7. The number of ether oxygens (including phenoxy) is 2. The van der Waals surface area contributed by atoms with Crippen LogP contribution in [0, 0.1) is 6.92 Å². The molecular weight excluding hydrogens is 462 g/mol. The molecule has 0 fully saturated rings. The molecule has 0 atom stereocenters. The molecule has 1 aliphatic rings. The number of rotatable bonds is 3. The second-order valence-corrected chi connectivity index (χ2v) is 9.11. The summed E-state index contributed by atoms with van der Waals surface area (Å²) in [5, 5.41) is 2.84. The maximum absolute atomic E-state index is 13.6. The van der Waals surface area contributed by atoms with Crippen molar-refractivity contribution in [3.8, 4) is 17.2 Å². The third-order valence-electron chi connectivity index (χ3n) is 4.90. The molecular formula is C22H19F4N3O3S. The minimum atomic E-state index is -4.83. The van der Waals surface area contributed by atoms with E-state index in [9.17, 15) is 22.4 Å². The van der Waals surface area contributed by atoms with E-state index in [2.05, 4.69) is 19.8 Å². The van der Waals surface area contributed by atoms with Crippen molar-refractivity contribution in [1.29, 1.82) is 0 Å². The summed E-state index contributed by atoms with van der Waals surface area (Å²) in [6, 6.07) is 12.3. The van der Waals surface area contributed by atoms with Gasteiger partial charge in [0.05, 0.1) is 11.2 Å². The number of alkyl halides is 4. The van der Waals surface area contributed by atoms with Gasteiger partial charge in [-0.3, -0.25) is 4.57 Å². The number of carbonyl (C=O) groups excluding carboxylic acids is 1. The molecule has 0 bridgehead atoms. The lowest BCUT2D eigenvalue weighted by Crippen LogP contribution is -2.52. The number of amides is 2. The quantitative estimate of drug-likeness (QED) is 0.513. The van der Waals surface area contributed by atoms with Crippen LogP contribution in [0.1, 0.15) is 24.3 Å². The average molecular weight is 481 g/mol. The molecule has 6 nitrogen and oxygen atoms in total. The van der Waals surface area contributed by atoms with Crippen LogP contribution in [0.3, 0.4) is 0 Å². The van der Waals surface area contributed by atoms with Gasteiger partial charge >= 0.3 is 18.2 Å². The highest BCUT2D eigenvalue weighted by atomic mass is 32.1. The summed E-state index contributed by atoms with van der Waals surface area (Å²) in [6.07, 6.45) is -7.99. The number of carbonyl (C=O) groups is 1. The highest BCUT2D eigenvalue weighted by Crippen LogP contribution is 2.47. The monoisotopic (exact) mass is 481 g/mol. The summed E-state index contributed by atoms with van der Waals surface area (Å²) in [4.78, 5) is 17.8.